The number of rotatable bonds is 4. The van der Waals surface area contributed by atoms with E-state index in [9.17, 15) is 0 Å². The van der Waals surface area contributed by atoms with Crippen molar-refractivity contribution in [1.82, 2.24) is 5.32 Å². The van der Waals surface area contributed by atoms with Gasteiger partial charge in [0.05, 0.1) is 0 Å². The van der Waals surface area contributed by atoms with Crippen LogP contribution in [-0.4, -0.2) is 0 Å². The summed E-state index contributed by atoms with van der Waals surface area (Å²) in [7, 11) is 0. The summed E-state index contributed by atoms with van der Waals surface area (Å²) in [6.07, 6.45) is 3.49. The average Bonchev–Trinajstić information content (AvgIpc) is 2.87. The van der Waals surface area contributed by atoms with Crippen molar-refractivity contribution < 1.29 is 0 Å². The fraction of sp³-hybridized carbons (Fsp3) is 0.333. The van der Waals surface area contributed by atoms with E-state index in [4.69, 9.17) is 0 Å². The Bertz CT molecular complexity index is 606. The molecule has 0 saturated carbocycles. The Morgan fingerprint density at radius 1 is 1.15 bits per heavy atom. The zero-order valence-electron chi connectivity index (χ0n) is 11.8. The van der Waals surface area contributed by atoms with E-state index in [1.54, 1.807) is 0 Å². The number of halogens is 1. The SMILES string of the molecule is CCc1ccccc1CNC1CCc2cc(Br)ccc21. The van der Waals surface area contributed by atoms with Gasteiger partial charge in [-0.3, -0.25) is 0 Å². The standard InChI is InChI=1S/C18H20BrN/c1-2-13-5-3-4-6-15(13)12-20-18-10-7-14-11-16(19)8-9-17(14)18/h3-6,8-9,11,18,20H,2,7,10,12H2,1H3. The Kier molecular flexibility index (Phi) is 4.23. The van der Waals surface area contributed by atoms with E-state index in [-0.39, 0.29) is 0 Å². The molecule has 0 bridgehead atoms. The molecule has 0 radical (unpaired) electrons. The lowest BCUT2D eigenvalue weighted by molar-refractivity contribution is 0.529. The number of benzene rings is 2. The molecule has 2 aromatic carbocycles. The van der Waals surface area contributed by atoms with Crippen LogP contribution in [0.3, 0.4) is 0 Å². The molecule has 0 aromatic heterocycles. The molecule has 2 aromatic rings. The first kappa shape index (κ1) is 13.8. The van der Waals surface area contributed by atoms with E-state index in [0.29, 0.717) is 6.04 Å². The second-order valence-corrected chi connectivity index (χ2v) is 6.35. The minimum absolute atomic E-state index is 0.503. The highest BCUT2D eigenvalue weighted by Gasteiger charge is 2.21. The van der Waals surface area contributed by atoms with Crippen molar-refractivity contribution >= 4 is 15.9 Å². The van der Waals surface area contributed by atoms with Gasteiger partial charge < -0.3 is 5.32 Å². The zero-order valence-corrected chi connectivity index (χ0v) is 13.4. The minimum atomic E-state index is 0.503. The van der Waals surface area contributed by atoms with Crippen molar-refractivity contribution in [2.75, 3.05) is 0 Å². The Morgan fingerprint density at radius 2 is 1.95 bits per heavy atom. The third-order valence-electron chi connectivity index (χ3n) is 4.22. The molecule has 1 aliphatic rings. The molecular weight excluding hydrogens is 310 g/mol. The van der Waals surface area contributed by atoms with Gasteiger partial charge in [-0.05, 0) is 53.6 Å². The van der Waals surface area contributed by atoms with Crippen molar-refractivity contribution in [2.45, 2.75) is 38.8 Å². The Morgan fingerprint density at radius 3 is 2.75 bits per heavy atom. The fourth-order valence-corrected chi connectivity index (χ4v) is 3.51. The molecule has 0 saturated heterocycles. The molecule has 0 aliphatic heterocycles. The van der Waals surface area contributed by atoms with E-state index >= 15 is 0 Å². The van der Waals surface area contributed by atoms with Gasteiger partial charge in [-0.25, -0.2) is 0 Å². The topological polar surface area (TPSA) is 12.0 Å². The van der Waals surface area contributed by atoms with Crippen LogP contribution in [0.5, 0.6) is 0 Å². The molecule has 0 amide bonds. The first-order chi connectivity index (χ1) is 9.78. The molecule has 0 heterocycles. The maximum atomic E-state index is 3.73. The predicted molar refractivity (Wildman–Crippen MR) is 87.9 cm³/mol. The first-order valence-electron chi connectivity index (χ1n) is 7.36. The van der Waals surface area contributed by atoms with E-state index in [1.807, 2.05) is 0 Å². The van der Waals surface area contributed by atoms with Gasteiger partial charge in [0.1, 0.15) is 0 Å². The van der Waals surface area contributed by atoms with Crippen LogP contribution in [0.2, 0.25) is 0 Å². The number of hydrogen-bond acceptors (Lipinski definition) is 1. The summed E-state index contributed by atoms with van der Waals surface area (Å²) in [5.74, 6) is 0. The van der Waals surface area contributed by atoms with Crippen molar-refractivity contribution in [3.8, 4) is 0 Å². The van der Waals surface area contributed by atoms with Crippen LogP contribution >= 0.6 is 15.9 Å². The minimum Gasteiger partial charge on any atom is -0.306 e. The van der Waals surface area contributed by atoms with Crippen molar-refractivity contribution in [3.05, 3.63) is 69.2 Å². The Balaban J connectivity index is 1.72. The molecular formula is C18H20BrN. The van der Waals surface area contributed by atoms with Crippen LogP contribution < -0.4 is 5.32 Å². The summed E-state index contributed by atoms with van der Waals surface area (Å²) >= 11 is 3.56. The second-order valence-electron chi connectivity index (χ2n) is 5.44. The maximum absolute atomic E-state index is 3.73. The van der Waals surface area contributed by atoms with Crippen LogP contribution in [-0.2, 0) is 19.4 Å². The molecule has 1 unspecified atom stereocenters. The molecule has 1 atom stereocenters. The number of hydrogen-bond donors (Lipinski definition) is 1. The number of fused-ring (bicyclic) bond motifs is 1. The Hall–Kier alpha value is -1.12. The summed E-state index contributed by atoms with van der Waals surface area (Å²) in [5, 5.41) is 3.73. The van der Waals surface area contributed by atoms with Gasteiger partial charge in [0.2, 0.25) is 0 Å². The lowest BCUT2D eigenvalue weighted by atomic mass is 10.0. The van der Waals surface area contributed by atoms with Gasteiger partial charge in [0, 0.05) is 17.1 Å². The van der Waals surface area contributed by atoms with E-state index < -0.39 is 0 Å². The summed E-state index contributed by atoms with van der Waals surface area (Å²) < 4.78 is 1.19. The van der Waals surface area contributed by atoms with Gasteiger partial charge in [0.15, 0.2) is 0 Å². The third-order valence-corrected chi connectivity index (χ3v) is 4.71. The van der Waals surface area contributed by atoms with Crippen molar-refractivity contribution in [1.29, 1.82) is 0 Å². The van der Waals surface area contributed by atoms with E-state index in [0.717, 1.165) is 13.0 Å². The zero-order chi connectivity index (χ0) is 13.9. The summed E-state index contributed by atoms with van der Waals surface area (Å²) in [4.78, 5) is 0. The molecule has 2 heteroatoms. The lowest BCUT2D eigenvalue weighted by Crippen LogP contribution is -2.19. The van der Waals surface area contributed by atoms with Crippen LogP contribution in [0.1, 0.15) is 41.6 Å². The highest BCUT2D eigenvalue weighted by Crippen LogP contribution is 2.33. The second kappa shape index (κ2) is 6.11. The summed E-state index contributed by atoms with van der Waals surface area (Å²) in [5.41, 5.74) is 5.84. The Labute approximate surface area is 129 Å². The van der Waals surface area contributed by atoms with Crippen LogP contribution in [0.4, 0.5) is 0 Å². The van der Waals surface area contributed by atoms with E-state index in [2.05, 4.69) is 70.6 Å². The molecule has 104 valence electrons. The lowest BCUT2D eigenvalue weighted by Gasteiger charge is -2.16. The van der Waals surface area contributed by atoms with Crippen molar-refractivity contribution in [2.24, 2.45) is 0 Å². The number of aryl methyl sites for hydroxylation is 2. The van der Waals surface area contributed by atoms with Gasteiger partial charge in [-0.15, -0.1) is 0 Å². The third kappa shape index (κ3) is 2.82. The monoisotopic (exact) mass is 329 g/mol. The normalized spacial score (nSPS) is 17.2. The maximum Gasteiger partial charge on any atom is 0.0329 e. The van der Waals surface area contributed by atoms with Gasteiger partial charge in [-0.2, -0.15) is 0 Å². The number of nitrogens with one attached hydrogen (secondary N) is 1. The quantitative estimate of drug-likeness (QED) is 0.850. The first-order valence-corrected chi connectivity index (χ1v) is 8.15. The van der Waals surface area contributed by atoms with Gasteiger partial charge in [0.25, 0.3) is 0 Å². The predicted octanol–water partition coefficient (Wildman–Crippen LogP) is 4.79. The van der Waals surface area contributed by atoms with Gasteiger partial charge >= 0.3 is 0 Å². The van der Waals surface area contributed by atoms with Crippen LogP contribution in [0, 0.1) is 0 Å². The smallest absolute Gasteiger partial charge is 0.0329 e. The average molecular weight is 330 g/mol. The molecule has 20 heavy (non-hydrogen) atoms. The molecule has 3 rings (SSSR count). The summed E-state index contributed by atoms with van der Waals surface area (Å²) in [6.45, 7) is 3.19. The van der Waals surface area contributed by atoms with Gasteiger partial charge in [-0.1, -0.05) is 53.2 Å². The largest absolute Gasteiger partial charge is 0.306 e. The van der Waals surface area contributed by atoms with Crippen molar-refractivity contribution in [3.63, 3.8) is 0 Å². The molecule has 0 spiro atoms. The molecule has 1 nitrogen and oxygen atoms in total. The molecule has 1 aliphatic carbocycles. The molecule has 0 fully saturated rings. The summed E-state index contributed by atoms with van der Waals surface area (Å²) in [6, 6.07) is 15.9. The van der Waals surface area contributed by atoms with Crippen LogP contribution in [0.25, 0.3) is 0 Å². The highest BCUT2D eigenvalue weighted by molar-refractivity contribution is 9.10. The highest BCUT2D eigenvalue weighted by atomic mass is 79.9. The van der Waals surface area contributed by atoms with Crippen LogP contribution in [0.15, 0.2) is 46.9 Å². The fourth-order valence-electron chi connectivity index (χ4n) is 3.11. The molecule has 1 N–H and O–H groups in total. The van der Waals surface area contributed by atoms with E-state index in [1.165, 1.54) is 39.6 Å².